The van der Waals surface area contributed by atoms with Crippen molar-refractivity contribution in [3.05, 3.63) is 228 Å². The third-order valence-corrected chi connectivity index (χ3v) is 11.3. The first-order chi connectivity index (χ1) is 25.7. The van der Waals surface area contributed by atoms with Crippen LogP contribution in [-0.2, 0) is 5.41 Å². The SMILES string of the molecule is CC(c1ccc(-c2cccc3c2-c2ccccc2C3(c2ccccc2)c2ccccc2)cc1)c1ccc(-c2cccc3c2oc2ccccc23)cc1. The van der Waals surface area contributed by atoms with Gasteiger partial charge in [-0.3, -0.25) is 0 Å². The predicted octanol–water partition coefficient (Wildman–Crippen LogP) is 13.4. The van der Waals surface area contributed by atoms with Gasteiger partial charge < -0.3 is 4.42 Å². The summed E-state index contributed by atoms with van der Waals surface area (Å²) in [5, 5.41) is 2.31. The van der Waals surface area contributed by atoms with Crippen molar-refractivity contribution in [2.24, 2.45) is 0 Å². The van der Waals surface area contributed by atoms with Crippen molar-refractivity contribution in [2.75, 3.05) is 0 Å². The second-order valence-corrected chi connectivity index (χ2v) is 14.0. The second kappa shape index (κ2) is 12.1. The Morgan fingerprint density at radius 1 is 0.404 bits per heavy atom. The molecule has 1 aliphatic rings. The quantitative estimate of drug-likeness (QED) is 0.172. The molecule has 0 aliphatic heterocycles. The normalized spacial score (nSPS) is 13.6. The number of benzene rings is 8. The topological polar surface area (TPSA) is 13.1 Å². The van der Waals surface area contributed by atoms with Crippen LogP contribution in [0.2, 0.25) is 0 Å². The first-order valence-corrected chi connectivity index (χ1v) is 18.2. The fourth-order valence-electron chi connectivity index (χ4n) is 8.80. The van der Waals surface area contributed by atoms with E-state index in [1.807, 2.05) is 12.1 Å². The highest BCUT2D eigenvalue weighted by Crippen LogP contribution is 2.58. The molecule has 0 N–H and O–H groups in total. The summed E-state index contributed by atoms with van der Waals surface area (Å²) in [6.07, 6.45) is 0. The summed E-state index contributed by atoms with van der Waals surface area (Å²) >= 11 is 0. The third kappa shape index (κ3) is 4.56. The molecule has 1 unspecified atom stereocenters. The van der Waals surface area contributed by atoms with E-state index >= 15 is 0 Å². The van der Waals surface area contributed by atoms with Gasteiger partial charge in [-0.15, -0.1) is 0 Å². The summed E-state index contributed by atoms with van der Waals surface area (Å²) in [6, 6.07) is 70.9. The molecular weight excluding hydrogens is 629 g/mol. The van der Waals surface area contributed by atoms with Gasteiger partial charge in [-0.05, 0) is 67.3 Å². The van der Waals surface area contributed by atoms with Gasteiger partial charge in [0.1, 0.15) is 11.2 Å². The maximum absolute atomic E-state index is 6.34. The van der Waals surface area contributed by atoms with E-state index in [0.717, 1.165) is 33.1 Å². The summed E-state index contributed by atoms with van der Waals surface area (Å²) in [7, 11) is 0. The highest BCUT2D eigenvalue weighted by Gasteiger charge is 2.46. The summed E-state index contributed by atoms with van der Waals surface area (Å²) in [4.78, 5) is 0. The van der Waals surface area contributed by atoms with E-state index in [2.05, 4.69) is 189 Å². The van der Waals surface area contributed by atoms with Crippen molar-refractivity contribution >= 4 is 21.9 Å². The summed E-state index contributed by atoms with van der Waals surface area (Å²) in [6.45, 7) is 2.30. The minimum absolute atomic E-state index is 0.246. The van der Waals surface area contributed by atoms with Crippen molar-refractivity contribution in [1.29, 1.82) is 0 Å². The number of furan rings is 1. The summed E-state index contributed by atoms with van der Waals surface area (Å²) < 4.78 is 6.34. The molecule has 1 nitrogen and oxygen atoms in total. The Balaban J connectivity index is 1.01. The number of hydrogen-bond donors (Lipinski definition) is 0. The van der Waals surface area contributed by atoms with Crippen molar-refractivity contribution in [3.8, 4) is 33.4 Å². The lowest BCUT2D eigenvalue weighted by atomic mass is 9.67. The summed E-state index contributed by atoms with van der Waals surface area (Å²) in [5.41, 5.74) is 16.7. The molecular formula is C51H36O. The van der Waals surface area contributed by atoms with E-state index in [1.54, 1.807) is 0 Å². The van der Waals surface area contributed by atoms with E-state index in [0.29, 0.717) is 0 Å². The Morgan fingerprint density at radius 2 is 0.904 bits per heavy atom. The Labute approximate surface area is 304 Å². The van der Waals surface area contributed by atoms with Gasteiger partial charge in [0.15, 0.2) is 0 Å². The van der Waals surface area contributed by atoms with E-state index in [9.17, 15) is 0 Å². The molecule has 246 valence electrons. The molecule has 1 heterocycles. The Kier molecular flexibility index (Phi) is 7.08. The molecule has 52 heavy (non-hydrogen) atoms. The molecule has 1 aliphatic carbocycles. The minimum Gasteiger partial charge on any atom is -0.455 e. The first-order valence-electron chi connectivity index (χ1n) is 18.2. The molecule has 0 fully saturated rings. The van der Waals surface area contributed by atoms with E-state index in [1.165, 1.54) is 55.6 Å². The van der Waals surface area contributed by atoms with Crippen molar-refractivity contribution < 1.29 is 4.42 Å². The summed E-state index contributed by atoms with van der Waals surface area (Å²) in [5.74, 6) is 0.246. The molecule has 0 bridgehead atoms. The number of fused-ring (bicyclic) bond motifs is 6. The maximum Gasteiger partial charge on any atom is 0.143 e. The first kappa shape index (κ1) is 30.4. The predicted molar refractivity (Wildman–Crippen MR) is 216 cm³/mol. The number of para-hydroxylation sites is 2. The lowest BCUT2D eigenvalue weighted by Crippen LogP contribution is -2.28. The monoisotopic (exact) mass is 664 g/mol. The molecule has 0 saturated heterocycles. The van der Waals surface area contributed by atoms with Crippen LogP contribution in [0.25, 0.3) is 55.3 Å². The van der Waals surface area contributed by atoms with Crippen LogP contribution in [-0.4, -0.2) is 0 Å². The van der Waals surface area contributed by atoms with Crippen LogP contribution < -0.4 is 0 Å². The van der Waals surface area contributed by atoms with Crippen LogP contribution in [0.5, 0.6) is 0 Å². The number of hydrogen-bond acceptors (Lipinski definition) is 1. The Bertz CT molecular complexity index is 2680. The molecule has 1 aromatic heterocycles. The molecule has 9 aromatic rings. The fourth-order valence-corrected chi connectivity index (χ4v) is 8.80. The van der Waals surface area contributed by atoms with Crippen LogP contribution in [0.3, 0.4) is 0 Å². The third-order valence-electron chi connectivity index (χ3n) is 11.3. The Hall–Kier alpha value is -6.44. The van der Waals surface area contributed by atoms with Crippen molar-refractivity contribution in [3.63, 3.8) is 0 Å². The lowest BCUT2D eigenvalue weighted by molar-refractivity contribution is 0.670. The highest BCUT2D eigenvalue weighted by atomic mass is 16.3. The maximum atomic E-state index is 6.34. The van der Waals surface area contributed by atoms with Crippen LogP contribution in [0.15, 0.2) is 199 Å². The van der Waals surface area contributed by atoms with Gasteiger partial charge in [-0.25, -0.2) is 0 Å². The fraction of sp³-hybridized carbons (Fsp3) is 0.0588. The lowest BCUT2D eigenvalue weighted by Gasteiger charge is -2.34. The molecule has 10 rings (SSSR count). The molecule has 8 aromatic carbocycles. The highest BCUT2D eigenvalue weighted by molar-refractivity contribution is 6.09. The standard InChI is InChI=1S/C51H36O/c1-34(36-28-32-38(33-29-36)42-21-12-22-44-43-18-9-11-25-48(43)52-50(42)44)35-26-30-37(31-27-35)41-20-13-24-47-49(41)45-19-8-10-23-46(45)51(47,39-14-4-2-5-15-39)40-16-6-3-7-17-40/h2-34H,1H3. The van der Waals surface area contributed by atoms with E-state index < -0.39 is 5.41 Å². The molecule has 1 atom stereocenters. The molecule has 1 heteroatoms. The van der Waals surface area contributed by atoms with Crippen LogP contribution >= 0.6 is 0 Å². The van der Waals surface area contributed by atoms with E-state index in [-0.39, 0.29) is 5.92 Å². The van der Waals surface area contributed by atoms with Gasteiger partial charge >= 0.3 is 0 Å². The minimum atomic E-state index is -0.402. The smallest absolute Gasteiger partial charge is 0.143 e. The van der Waals surface area contributed by atoms with Crippen LogP contribution in [0.4, 0.5) is 0 Å². The zero-order valence-corrected chi connectivity index (χ0v) is 29.0. The molecule has 0 radical (unpaired) electrons. The zero-order chi connectivity index (χ0) is 34.6. The van der Waals surface area contributed by atoms with Gasteiger partial charge in [0.25, 0.3) is 0 Å². The average molecular weight is 665 g/mol. The largest absolute Gasteiger partial charge is 0.455 e. The average Bonchev–Trinajstić information content (AvgIpc) is 3.76. The molecule has 0 spiro atoms. The molecule has 0 amide bonds. The van der Waals surface area contributed by atoms with Gasteiger partial charge in [-0.2, -0.15) is 0 Å². The van der Waals surface area contributed by atoms with Crippen LogP contribution in [0.1, 0.15) is 46.2 Å². The van der Waals surface area contributed by atoms with Crippen LogP contribution in [0, 0.1) is 0 Å². The number of rotatable bonds is 6. The van der Waals surface area contributed by atoms with E-state index in [4.69, 9.17) is 4.42 Å². The van der Waals surface area contributed by atoms with Crippen molar-refractivity contribution in [2.45, 2.75) is 18.3 Å². The zero-order valence-electron chi connectivity index (χ0n) is 29.0. The van der Waals surface area contributed by atoms with Gasteiger partial charge in [0, 0.05) is 22.3 Å². The second-order valence-electron chi connectivity index (χ2n) is 14.0. The van der Waals surface area contributed by atoms with Gasteiger partial charge in [-0.1, -0.05) is 195 Å². The molecule has 0 saturated carbocycles. The van der Waals surface area contributed by atoms with Crippen molar-refractivity contribution in [1.82, 2.24) is 0 Å². The van der Waals surface area contributed by atoms with Gasteiger partial charge in [0.05, 0.1) is 5.41 Å². The van der Waals surface area contributed by atoms with Gasteiger partial charge in [0.2, 0.25) is 0 Å². The Morgan fingerprint density at radius 3 is 1.60 bits per heavy atom.